The van der Waals surface area contributed by atoms with Crippen LogP contribution in [0.4, 0.5) is 5.69 Å². The summed E-state index contributed by atoms with van der Waals surface area (Å²) in [5, 5.41) is 14.0. The van der Waals surface area contributed by atoms with Crippen molar-refractivity contribution in [2.24, 2.45) is 5.92 Å². The van der Waals surface area contributed by atoms with Crippen molar-refractivity contribution >= 4 is 22.9 Å². The number of benzene rings is 1. The molecule has 0 spiro atoms. The number of aryl methyl sites for hydroxylation is 1. The van der Waals surface area contributed by atoms with Gasteiger partial charge in [0.05, 0.1) is 6.07 Å². The third-order valence-corrected chi connectivity index (χ3v) is 4.22. The summed E-state index contributed by atoms with van der Waals surface area (Å²) in [6, 6.07) is 11.7. The molecule has 0 aliphatic carbocycles. The summed E-state index contributed by atoms with van der Waals surface area (Å²) in [6.07, 6.45) is 0.463. The number of nitrogens with zero attached hydrogens (tertiary/aromatic N) is 1. The highest BCUT2D eigenvalue weighted by molar-refractivity contribution is 7.09. The first kappa shape index (κ1) is 14.3. The van der Waals surface area contributed by atoms with E-state index in [4.69, 9.17) is 0 Å². The van der Waals surface area contributed by atoms with Crippen LogP contribution < -0.4 is 5.32 Å². The monoisotopic (exact) mass is 284 g/mol. The van der Waals surface area contributed by atoms with Gasteiger partial charge in [0.2, 0.25) is 5.91 Å². The van der Waals surface area contributed by atoms with Gasteiger partial charge in [0.1, 0.15) is 5.92 Å². The number of carbonyl (C=O) groups is 1. The number of amides is 1. The highest BCUT2D eigenvalue weighted by atomic mass is 32.1. The second-order valence-electron chi connectivity index (χ2n) is 4.70. The lowest BCUT2D eigenvalue weighted by atomic mass is 10.0. The first-order valence-electron chi connectivity index (χ1n) is 6.41. The number of thiophene rings is 1. The van der Waals surface area contributed by atoms with Crippen LogP contribution in [0, 0.1) is 31.1 Å². The molecule has 0 radical (unpaired) electrons. The van der Waals surface area contributed by atoms with Crippen LogP contribution in [0.3, 0.4) is 0 Å². The van der Waals surface area contributed by atoms with E-state index in [1.807, 2.05) is 49.6 Å². The van der Waals surface area contributed by atoms with Crippen molar-refractivity contribution in [1.82, 2.24) is 0 Å². The number of hydrogen-bond acceptors (Lipinski definition) is 3. The van der Waals surface area contributed by atoms with E-state index < -0.39 is 5.92 Å². The molecule has 1 heterocycles. The van der Waals surface area contributed by atoms with E-state index in [1.165, 1.54) is 0 Å². The molecular weight excluding hydrogens is 268 g/mol. The smallest absolute Gasteiger partial charge is 0.242 e. The summed E-state index contributed by atoms with van der Waals surface area (Å²) < 4.78 is 0. The van der Waals surface area contributed by atoms with Gasteiger partial charge in [-0.1, -0.05) is 18.2 Å². The lowest BCUT2D eigenvalue weighted by molar-refractivity contribution is -0.118. The van der Waals surface area contributed by atoms with Gasteiger partial charge in [0, 0.05) is 17.0 Å². The Kier molecular flexibility index (Phi) is 4.54. The number of anilines is 1. The highest BCUT2D eigenvalue weighted by Gasteiger charge is 2.19. The van der Waals surface area contributed by atoms with E-state index in [2.05, 4.69) is 11.4 Å². The van der Waals surface area contributed by atoms with Crippen LogP contribution in [0.15, 0.2) is 35.7 Å². The molecule has 0 aliphatic rings. The minimum absolute atomic E-state index is 0.241. The van der Waals surface area contributed by atoms with Crippen molar-refractivity contribution in [1.29, 1.82) is 5.26 Å². The summed E-state index contributed by atoms with van der Waals surface area (Å²) in [5.74, 6) is -0.900. The molecule has 2 aromatic rings. The predicted octanol–water partition coefficient (Wildman–Crippen LogP) is 3.69. The van der Waals surface area contributed by atoms with Gasteiger partial charge in [-0.2, -0.15) is 5.26 Å². The lowest BCUT2D eigenvalue weighted by Gasteiger charge is -2.12. The summed E-state index contributed by atoms with van der Waals surface area (Å²) in [6.45, 7) is 3.96. The average Bonchev–Trinajstić information content (AvgIpc) is 2.94. The minimum Gasteiger partial charge on any atom is -0.325 e. The standard InChI is InChI=1S/C16H16N2OS/c1-11-5-3-7-15(12(11)2)18-16(19)13(10-17)9-14-6-4-8-20-14/h3-8,13H,9H2,1-2H3,(H,18,19). The SMILES string of the molecule is Cc1cccc(NC(=O)C(C#N)Cc2cccs2)c1C. The van der Waals surface area contributed by atoms with Gasteiger partial charge in [-0.15, -0.1) is 11.3 Å². The number of hydrogen-bond donors (Lipinski definition) is 1. The van der Waals surface area contributed by atoms with Crippen molar-refractivity contribution in [2.75, 3.05) is 5.32 Å². The van der Waals surface area contributed by atoms with Gasteiger partial charge < -0.3 is 5.32 Å². The number of carbonyl (C=O) groups excluding carboxylic acids is 1. The number of nitrogens with one attached hydrogen (secondary N) is 1. The second kappa shape index (κ2) is 6.36. The minimum atomic E-state index is -0.659. The maximum Gasteiger partial charge on any atom is 0.242 e. The van der Waals surface area contributed by atoms with E-state index in [0.717, 1.165) is 21.7 Å². The molecule has 1 aromatic heterocycles. The fraction of sp³-hybridized carbons (Fsp3) is 0.250. The molecule has 0 fully saturated rings. The zero-order valence-corrected chi connectivity index (χ0v) is 12.3. The molecule has 1 atom stereocenters. The average molecular weight is 284 g/mol. The maximum atomic E-state index is 12.2. The van der Waals surface area contributed by atoms with Gasteiger partial charge in [-0.3, -0.25) is 4.79 Å². The zero-order chi connectivity index (χ0) is 14.5. The number of nitriles is 1. The first-order valence-corrected chi connectivity index (χ1v) is 7.29. The van der Waals surface area contributed by atoms with Crippen molar-refractivity contribution < 1.29 is 4.79 Å². The van der Waals surface area contributed by atoms with E-state index in [-0.39, 0.29) is 5.91 Å². The van der Waals surface area contributed by atoms with Gasteiger partial charge >= 0.3 is 0 Å². The molecule has 0 aliphatic heterocycles. The van der Waals surface area contributed by atoms with Gasteiger partial charge in [0.15, 0.2) is 0 Å². The molecule has 20 heavy (non-hydrogen) atoms. The van der Waals surface area contributed by atoms with Crippen molar-refractivity contribution in [3.8, 4) is 6.07 Å². The Labute approximate surface area is 122 Å². The largest absolute Gasteiger partial charge is 0.325 e. The van der Waals surface area contributed by atoms with Crippen molar-refractivity contribution in [3.63, 3.8) is 0 Å². The van der Waals surface area contributed by atoms with Crippen LogP contribution in [0.5, 0.6) is 0 Å². The van der Waals surface area contributed by atoms with Gasteiger partial charge in [-0.05, 0) is 42.5 Å². The van der Waals surface area contributed by atoms with Crippen molar-refractivity contribution in [3.05, 3.63) is 51.7 Å². The number of rotatable bonds is 4. The van der Waals surface area contributed by atoms with Gasteiger partial charge in [0.25, 0.3) is 0 Å². The Balaban J connectivity index is 2.10. The van der Waals surface area contributed by atoms with E-state index >= 15 is 0 Å². The Morgan fingerprint density at radius 1 is 1.35 bits per heavy atom. The van der Waals surface area contributed by atoms with Crippen LogP contribution >= 0.6 is 11.3 Å². The molecule has 0 saturated carbocycles. The molecule has 1 aromatic carbocycles. The first-order chi connectivity index (χ1) is 9.61. The van der Waals surface area contributed by atoms with Crippen LogP contribution in [0.25, 0.3) is 0 Å². The lowest BCUT2D eigenvalue weighted by Crippen LogP contribution is -2.23. The van der Waals surface area contributed by atoms with Crippen molar-refractivity contribution in [2.45, 2.75) is 20.3 Å². The van der Waals surface area contributed by atoms with Gasteiger partial charge in [-0.25, -0.2) is 0 Å². The Bertz CT molecular complexity index is 641. The quantitative estimate of drug-likeness (QED) is 0.931. The summed E-state index contributed by atoms with van der Waals surface area (Å²) in [5.41, 5.74) is 2.93. The second-order valence-corrected chi connectivity index (χ2v) is 5.73. The predicted molar refractivity (Wildman–Crippen MR) is 81.7 cm³/mol. The topological polar surface area (TPSA) is 52.9 Å². The van der Waals surface area contributed by atoms with Crippen LogP contribution in [0.2, 0.25) is 0 Å². The maximum absolute atomic E-state index is 12.2. The molecule has 1 unspecified atom stereocenters. The highest BCUT2D eigenvalue weighted by Crippen LogP contribution is 2.20. The molecule has 0 bridgehead atoms. The fourth-order valence-corrected chi connectivity index (χ4v) is 2.69. The molecular formula is C16H16N2OS. The summed E-state index contributed by atoms with van der Waals surface area (Å²) in [7, 11) is 0. The molecule has 1 amide bonds. The fourth-order valence-electron chi connectivity index (χ4n) is 1.93. The molecule has 102 valence electrons. The summed E-state index contributed by atoms with van der Waals surface area (Å²) >= 11 is 1.56. The summed E-state index contributed by atoms with van der Waals surface area (Å²) in [4.78, 5) is 13.3. The normalized spacial score (nSPS) is 11.7. The third-order valence-electron chi connectivity index (χ3n) is 3.32. The molecule has 0 saturated heterocycles. The van der Waals surface area contributed by atoms with E-state index in [9.17, 15) is 10.1 Å². The molecule has 2 rings (SSSR count). The molecule has 1 N–H and O–H groups in total. The van der Waals surface area contributed by atoms with Crippen LogP contribution in [-0.2, 0) is 11.2 Å². The molecule has 4 heteroatoms. The Morgan fingerprint density at radius 3 is 2.80 bits per heavy atom. The van der Waals surface area contributed by atoms with E-state index in [1.54, 1.807) is 11.3 Å². The zero-order valence-electron chi connectivity index (χ0n) is 11.5. The van der Waals surface area contributed by atoms with Crippen LogP contribution in [-0.4, -0.2) is 5.91 Å². The van der Waals surface area contributed by atoms with E-state index in [0.29, 0.717) is 6.42 Å². The Hall–Kier alpha value is -2.12. The molecule has 3 nitrogen and oxygen atoms in total. The Morgan fingerprint density at radius 2 is 2.15 bits per heavy atom. The third kappa shape index (κ3) is 3.25. The van der Waals surface area contributed by atoms with Crippen LogP contribution in [0.1, 0.15) is 16.0 Å².